The first-order valence-corrected chi connectivity index (χ1v) is 9.37. The zero-order valence-corrected chi connectivity index (χ0v) is 16.5. The van der Waals surface area contributed by atoms with Crippen molar-refractivity contribution in [3.8, 4) is 11.6 Å². The van der Waals surface area contributed by atoms with Crippen LogP contribution in [0.2, 0.25) is 10.0 Å². The largest absolute Gasteiger partial charge is 0.351 e. The number of rotatable bonds is 5. The second kappa shape index (κ2) is 7.66. The minimum absolute atomic E-state index is 0.0899. The van der Waals surface area contributed by atoms with Crippen molar-refractivity contribution in [1.29, 1.82) is 0 Å². The highest BCUT2D eigenvalue weighted by Gasteiger charge is 2.15. The van der Waals surface area contributed by atoms with Crippen molar-refractivity contribution in [3.05, 3.63) is 70.0 Å². The predicted octanol–water partition coefficient (Wildman–Crippen LogP) is 4.84. The number of carbonyl (C=O) groups is 1. The maximum atomic E-state index is 12.4. The second-order valence-electron chi connectivity index (χ2n) is 6.41. The molecule has 1 N–H and O–H groups in total. The number of nitrogens with zero attached hydrogens (tertiary/aromatic N) is 3. The summed E-state index contributed by atoms with van der Waals surface area (Å²) in [6.45, 7) is 0.461. The summed E-state index contributed by atoms with van der Waals surface area (Å²) < 4.78 is 5.36. The normalized spacial score (nSPS) is 11.1. The molecule has 2 aromatic carbocycles. The van der Waals surface area contributed by atoms with Crippen LogP contribution in [0.5, 0.6) is 0 Å². The van der Waals surface area contributed by atoms with E-state index in [0.29, 0.717) is 40.3 Å². The lowest BCUT2D eigenvalue weighted by molar-refractivity contribution is 0.0796. The molecule has 1 amide bonds. The van der Waals surface area contributed by atoms with Gasteiger partial charge in [-0.15, -0.1) is 0 Å². The van der Waals surface area contributed by atoms with Crippen LogP contribution in [0.3, 0.4) is 0 Å². The average molecular weight is 415 g/mol. The van der Waals surface area contributed by atoms with E-state index in [2.05, 4.69) is 15.1 Å². The zero-order chi connectivity index (χ0) is 19.7. The Hall–Kier alpha value is -2.83. The molecule has 4 rings (SSSR count). The number of nitrogens with one attached hydrogen (secondary N) is 1. The summed E-state index contributed by atoms with van der Waals surface area (Å²) in [4.78, 5) is 21.7. The van der Waals surface area contributed by atoms with E-state index >= 15 is 0 Å². The van der Waals surface area contributed by atoms with Crippen LogP contribution in [0.4, 0.5) is 0 Å². The Labute approximate surface area is 171 Å². The van der Waals surface area contributed by atoms with Crippen LogP contribution in [-0.2, 0) is 6.42 Å². The lowest BCUT2D eigenvalue weighted by atomic mass is 10.2. The lowest BCUT2D eigenvalue weighted by Gasteiger charge is -2.16. The molecule has 0 fully saturated rings. The summed E-state index contributed by atoms with van der Waals surface area (Å²) >= 11 is 11.9. The minimum atomic E-state index is -0.0899. The fourth-order valence-corrected chi connectivity index (χ4v) is 3.17. The van der Waals surface area contributed by atoms with Gasteiger partial charge in [-0.05, 0) is 48.5 Å². The molecule has 6 nitrogen and oxygen atoms in total. The van der Waals surface area contributed by atoms with Gasteiger partial charge in [-0.2, -0.15) is 4.98 Å². The molecule has 142 valence electrons. The Kier molecular flexibility index (Phi) is 5.07. The number of halogens is 2. The number of amides is 1. The van der Waals surface area contributed by atoms with E-state index in [0.717, 1.165) is 16.6 Å². The number of hydrogen-bond donors (Lipinski definition) is 1. The molecule has 2 heterocycles. The van der Waals surface area contributed by atoms with Gasteiger partial charge in [0.05, 0.1) is 0 Å². The van der Waals surface area contributed by atoms with Gasteiger partial charge in [0.15, 0.2) is 5.82 Å². The first-order valence-electron chi connectivity index (χ1n) is 8.62. The Morgan fingerprint density at radius 3 is 2.64 bits per heavy atom. The van der Waals surface area contributed by atoms with E-state index < -0.39 is 0 Å². The summed E-state index contributed by atoms with van der Waals surface area (Å²) in [7, 11) is 1.74. The Bertz CT molecular complexity index is 1130. The van der Waals surface area contributed by atoms with Gasteiger partial charge in [0.2, 0.25) is 0 Å². The molecule has 28 heavy (non-hydrogen) atoms. The van der Waals surface area contributed by atoms with Crippen LogP contribution in [0.1, 0.15) is 16.2 Å². The van der Waals surface area contributed by atoms with Crippen molar-refractivity contribution in [2.24, 2.45) is 0 Å². The molecule has 4 aromatic rings. The van der Waals surface area contributed by atoms with Gasteiger partial charge in [0.1, 0.15) is 5.69 Å². The summed E-state index contributed by atoms with van der Waals surface area (Å²) in [6.07, 6.45) is 0.478. The van der Waals surface area contributed by atoms with Crippen molar-refractivity contribution >= 4 is 40.0 Å². The Balaban J connectivity index is 1.42. The molecule has 0 radical (unpaired) electrons. The highest BCUT2D eigenvalue weighted by Crippen LogP contribution is 2.25. The van der Waals surface area contributed by atoms with Gasteiger partial charge in [0.25, 0.3) is 11.8 Å². The number of benzene rings is 2. The third-order valence-electron chi connectivity index (χ3n) is 4.39. The van der Waals surface area contributed by atoms with Crippen LogP contribution in [0.25, 0.3) is 22.5 Å². The molecule has 0 saturated heterocycles. The SMILES string of the molecule is CN(CCc1noc(-c2cc3cc(Cl)ccc3[nH]2)n1)C(=O)c1ccc(Cl)cc1. The monoisotopic (exact) mass is 414 g/mol. The van der Waals surface area contributed by atoms with Gasteiger partial charge in [-0.3, -0.25) is 4.79 Å². The molecule has 2 aromatic heterocycles. The highest BCUT2D eigenvalue weighted by molar-refractivity contribution is 6.31. The van der Waals surface area contributed by atoms with Crippen LogP contribution in [0.15, 0.2) is 53.1 Å². The summed E-state index contributed by atoms with van der Waals surface area (Å²) in [5, 5.41) is 6.24. The van der Waals surface area contributed by atoms with E-state index in [1.165, 1.54) is 0 Å². The van der Waals surface area contributed by atoms with E-state index in [9.17, 15) is 4.79 Å². The molecule has 0 unspecified atom stereocenters. The average Bonchev–Trinajstić information content (AvgIpc) is 3.32. The molecule has 0 spiro atoms. The quantitative estimate of drug-likeness (QED) is 0.506. The van der Waals surface area contributed by atoms with Crippen molar-refractivity contribution < 1.29 is 9.32 Å². The fourth-order valence-electron chi connectivity index (χ4n) is 2.87. The number of carbonyl (C=O) groups excluding carboxylic acids is 1. The third kappa shape index (κ3) is 3.88. The number of aromatic amines is 1. The maximum absolute atomic E-state index is 12.4. The van der Waals surface area contributed by atoms with Crippen LogP contribution >= 0.6 is 23.2 Å². The standard InChI is InChI=1S/C20H16Cl2N4O2/c1-26(20(27)12-2-4-14(21)5-3-12)9-8-18-24-19(28-25-18)17-11-13-10-15(22)6-7-16(13)23-17/h2-7,10-11,23H,8-9H2,1H3. The molecule has 0 aliphatic carbocycles. The number of hydrogen-bond acceptors (Lipinski definition) is 4. The zero-order valence-electron chi connectivity index (χ0n) is 14.9. The number of H-pyrrole nitrogens is 1. The van der Waals surface area contributed by atoms with Crippen molar-refractivity contribution in [2.75, 3.05) is 13.6 Å². The summed E-state index contributed by atoms with van der Waals surface area (Å²) in [5.74, 6) is 0.837. The van der Waals surface area contributed by atoms with Gasteiger partial charge in [-0.25, -0.2) is 0 Å². The smallest absolute Gasteiger partial charge is 0.274 e. The van der Waals surface area contributed by atoms with Crippen molar-refractivity contribution in [2.45, 2.75) is 6.42 Å². The van der Waals surface area contributed by atoms with E-state index in [1.807, 2.05) is 24.3 Å². The van der Waals surface area contributed by atoms with Crippen molar-refractivity contribution in [1.82, 2.24) is 20.0 Å². The maximum Gasteiger partial charge on any atom is 0.274 e. The number of likely N-dealkylation sites (N-methyl/N-ethyl adjacent to an activating group) is 1. The Morgan fingerprint density at radius 2 is 1.86 bits per heavy atom. The molecule has 0 bridgehead atoms. The number of aromatic nitrogens is 3. The molecular formula is C20H16Cl2N4O2. The van der Waals surface area contributed by atoms with Gasteiger partial charge >= 0.3 is 0 Å². The summed E-state index contributed by atoms with van der Waals surface area (Å²) in [5.41, 5.74) is 2.24. The molecule has 0 aliphatic heterocycles. The second-order valence-corrected chi connectivity index (χ2v) is 7.29. The minimum Gasteiger partial charge on any atom is -0.351 e. The van der Waals surface area contributed by atoms with Crippen LogP contribution in [0, 0.1) is 0 Å². The lowest BCUT2D eigenvalue weighted by Crippen LogP contribution is -2.29. The van der Waals surface area contributed by atoms with Crippen molar-refractivity contribution in [3.63, 3.8) is 0 Å². The van der Waals surface area contributed by atoms with E-state index in [1.54, 1.807) is 36.2 Å². The van der Waals surface area contributed by atoms with Gasteiger partial charge < -0.3 is 14.4 Å². The van der Waals surface area contributed by atoms with Crippen LogP contribution in [-0.4, -0.2) is 39.5 Å². The Morgan fingerprint density at radius 1 is 1.11 bits per heavy atom. The topological polar surface area (TPSA) is 75.0 Å². The molecule has 0 atom stereocenters. The molecule has 8 heteroatoms. The first kappa shape index (κ1) is 18.5. The van der Waals surface area contributed by atoms with Gasteiger partial charge in [0, 0.05) is 46.5 Å². The van der Waals surface area contributed by atoms with Crippen LogP contribution < -0.4 is 0 Å². The fraction of sp³-hybridized carbons (Fsp3) is 0.150. The first-order chi connectivity index (χ1) is 13.5. The van der Waals surface area contributed by atoms with E-state index in [4.69, 9.17) is 27.7 Å². The third-order valence-corrected chi connectivity index (χ3v) is 4.88. The molecule has 0 aliphatic rings. The molecule has 0 saturated carbocycles. The number of fused-ring (bicyclic) bond motifs is 1. The van der Waals surface area contributed by atoms with E-state index in [-0.39, 0.29) is 5.91 Å². The molecular weight excluding hydrogens is 399 g/mol. The van der Waals surface area contributed by atoms with Gasteiger partial charge in [-0.1, -0.05) is 28.4 Å². The summed E-state index contributed by atoms with van der Waals surface area (Å²) in [6, 6.07) is 14.3. The predicted molar refractivity (Wildman–Crippen MR) is 109 cm³/mol. The highest BCUT2D eigenvalue weighted by atomic mass is 35.5.